The lowest BCUT2D eigenvalue weighted by Crippen LogP contribution is -2.18. The van der Waals surface area contributed by atoms with Gasteiger partial charge in [-0.3, -0.25) is 0 Å². The smallest absolute Gasteiger partial charge is 0.288 e. The molecule has 1 nitrogen and oxygen atoms in total. The Labute approximate surface area is 99.6 Å². The van der Waals surface area contributed by atoms with E-state index in [1.54, 1.807) is 12.1 Å². The van der Waals surface area contributed by atoms with E-state index in [9.17, 15) is 8.78 Å². The molecule has 0 aliphatic rings. The van der Waals surface area contributed by atoms with Crippen LogP contribution in [0.4, 0.5) is 14.5 Å². The van der Waals surface area contributed by atoms with Crippen LogP contribution in [0.5, 0.6) is 0 Å². The van der Waals surface area contributed by atoms with Crippen molar-refractivity contribution >= 4 is 17.4 Å². The molecule has 0 aliphatic heterocycles. The summed E-state index contributed by atoms with van der Waals surface area (Å²) in [6.07, 6.45) is 0. The molecular weight excluding hydrogens is 228 g/mol. The average Bonchev–Trinajstić information content (AvgIpc) is 2.14. The fraction of sp³-hybridized carbons (Fsp3) is 0.500. The van der Waals surface area contributed by atoms with Gasteiger partial charge in [-0.15, -0.1) is 0 Å². The van der Waals surface area contributed by atoms with Gasteiger partial charge >= 0.3 is 0 Å². The molecule has 0 amide bonds. The van der Waals surface area contributed by atoms with Crippen molar-refractivity contribution in [2.24, 2.45) is 5.41 Å². The van der Waals surface area contributed by atoms with Gasteiger partial charge in [-0.1, -0.05) is 32.5 Å². The summed E-state index contributed by atoms with van der Waals surface area (Å²) in [6, 6.07) is 7.08. The summed E-state index contributed by atoms with van der Waals surface area (Å²) in [5.74, 6) is -2.35. The fourth-order valence-electron chi connectivity index (χ4n) is 1.12. The molecule has 0 aliphatic carbocycles. The first-order valence-corrected chi connectivity index (χ1v) is 6.03. The minimum Gasteiger partial charge on any atom is -0.385 e. The second-order valence-corrected chi connectivity index (χ2v) is 5.88. The average molecular weight is 245 g/mol. The number of hydrogen-bond donors (Lipinski definition) is 1. The van der Waals surface area contributed by atoms with Crippen molar-refractivity contribution in [2.75, 3.05) is 11.9 Å². The summed E-state index contributed by atoms with van der Waals surface area (Å²) in [4.78, 5) is 0.594. The summed E-state index contributed by atoms with van der Waals surface area (Å²) >= 11 is 0.570. The molecule has 0 unspecified atom stereocenters. The number of anilines is 1. The van der Waals surface area contributed by atoms with Gasteiger partial charge in [0, 0.05) is 17.1 Å². The standard InChI is InChI=1S/C12H17F2NS/c1-12(2,3)8-15-9-4-6-10(7-5-9)16-11(13)14/h4-7,11,15H,8H2,1-3H3. The van der Waals surface area contributed by atoms with Crippen LogP contribution in [0.1, 0.15) is 20.8 Å². The van der Waals surface area contributed by atoms with Crippen LogP contribution in [0.25, 0.3) is 0 Å². The first-order chi connectivity index (χ1) is 7.37. The van der Waals surface area contributed by atoms with Gasteiger partial charge in [-0.05, 0) is 29.7 Å². The largest absolute Gasteiger partial charge is 0.385 e. The van der Waals surface area contributed by atoms with Crippen LogP contribution >= 0.6 is 11.8 Å². The van der Waals surface area contributed by atoms with E-state index < -0.39 is 5.76 Å². The van der Waals surface area contributed by atoms with Gasteiger partial charge in [-0.25, -0.2) is 0 Å². The highest BCUT2D eigenvalue weighted by Crippen LogP contribution is 2.26. The lowest BCUT2D eigenvalue weighted by molar-refractivity contribution is 0.252. The van der Waals surface area contributed by atoms with E-state index >= 15 is 0 Å². The Bertz CT molecular complexity index is 317. The lowest BCUT2D eigenvalue weighted by Gasteiger charge is -2.19. The maximum Gasteiger partial charge on any atom is 0.288 e. The van der Waals surface area contributed by atoms with Crippen molar-refractivity contribution < 1.29 is 8.78 Å². The Morgan fingerprint density at radius 2 is 1.75 bits per heavy atom. The number of hydrogen-bond acceptors (Lipinski definition) is 2. The third-order valence-electron chi connectivity index (χ3n) is 1.90. The monoisotopic (exact) mass is 245 g/mol. The van der Waals surface area contributed by atoms with E-state index in [1.165, 1.54) is 0 Å². The van der Waals surface area contributed by atoms with Crippen LogP contribution in [0.3, 0.4) is 0 Å². The fourth-order valence-corrected chi connectivity index (χ4v) is 1.62. The van der Waals surface area contributed by atoms with E-state index in [2.05, 4.69) is 26.1 Å². The van der Waals surface area contributed by atoms with Gasteiger partial charge < -0.3 is 5.32 Å². The highest BCUT2D eigenvalue weighted by molar-refractivity contribution is 7.99. The molecule has 16 heavy (non-hydrogen) atoms. The van der Waals surface area contributed by atoms with Crippen molar-refractivity contribution in [3.05, 3.63) is 24.3 Å². The first kappa shape index (κ1) is 13.3. The lowest BCUT2D eigenvalue weighted by atomic mass is 9.97. The molecule has 0 bridgehead atoms. The zero-order valence-electron chi connectivity index (χ0n) is 9.76. The molecule has 0 fully saturated rings. The molecule has 0 heterocycles. The maximum atomic E-state index is 12.1. The molecule has 0 saturated heterocycles. The molecule has 0 atom stereocenters. The molecular formula is C12H17F2NS. The highest BCUT2D eigenvalue weighted by Gasteiger charge is 2.09. The maximum absolute atomic E-state index is 12.1. The third kappa shape index (κ3) is 5.35. The van der Waals surface area contributed by atoms with Gasteiger partial charge in [0.15, 0.2) is 0 Å². The van der Waals surface area contributed by atoms with Gasteiger partial charge in [0.1, 0.15) is 0 Å². The van der Waals surface area contributed by atoms with Crippen molar-refractivity contribution in [1.29, 1.82) is 0 Å². The Balaban J connectivity index is 2.51. The Kier molecular flexibility index (Phi) is 4.59. The Morgan fingerprint density at radius 3 is 2.19 bits per heavy atom. The van der Waals surface area contributed by atoms with Crippen molar-refractivity contribution in [3.63, 3.8) is 0 Å². The van der Waals surface area contributed by atoms with Crippen LogP contribution < -0.4 is 5.32 Å². The molecule has 1 rings (SSSR count). The van der Waals surface area contributed by atoms with E-state index in [1.807, 2.05) is 12.1 Å². The molecule has 1 aromatic rings. The zero-order valence-corrected chi connectivity index (χ0v) is 10.6. The Morgan fingerprint density at radius 1 is 1.19 bits per heavy atom. The molecule has 0 spiro atoms. The quantitative estimate of drug-likeness (QED) is 0.786. The van der Waals surface area contributed by atoms with Crippen LogP contribution in [0.2, 0.25) is 0 Å². The normalized spacial score (nSPS) is 11.9. The second-order valence-electron chi connectivity index (χ2n) is 4.82. The predicted octanol–water partition coefficient (Wildman–Crippen LogP) is 4.46. The second kappa shape index (κ2) is 5.53. The Hall–Kier alpha value is -0.770. The summed E-state index contributed by atoms with van der Waals surface area (Å²) in [6.45, 7) is 7.28. The first-order valence-electron chi connectivity index (χ1n) is 5.15. The highest BCUT2D eigenvalue weighted by atomic mass is 32.2. The molecule has 1 aromatic carbocycles. The molecule has 90 valence electrons. The molecule has 1 N–H and O–H groups in total. The number of thioether (sulfide) groups is 1. The molecule has 0 radical (unpaired) electrons. The zero-order chi connectivity index (χ0) is 12.2. The van der Waals surface area contributed by atoms with E-state index in [-0.39, 0.29) is 5.41 Å². The van der Waals surface area contributed by atoms with Gasteiger partial charge in [0.25, 0.3) is 5.76 Å². The van der Waals surface area contributed by atoms with Gasteiger partial charge in [-0.2, -0.15) is 8.78 Å². The van der Waals surface area contributed by atoms with Crippen molar-refractivity contribution in [2.45, 2.75) is 31.4 Å². The van der Waals surface area contributed by atoms with Crippen LogP contribution in [-0.2, 0) is 0 Å². The summed E-state index contributed by atoms with van der Waals surface area (Å²) in [5.41, 5.74) is 1.17. The van der Waals surface area contributed by atoms with E-state index in [4.69, 9.17) is 0 Å². The van der Waals surface area contributed by atoms with Crippen molar-refractivity contribution in [3.8, 4) is 0 Å². The van der Waals surface area contributed by atoms with Crippen molar-refractivity contribution in [1.82, 2.24) is 0 Å². The number of rotatable bonds is 4. The van der Waals surface area contributed by atoms with E-state index in [0.29, 0.717) is 16.7 Å². The predicted molar refractivity (Wildman–Crippen MR) is 66.2 cm³/mol. The summed E-state index contributed by atoms with van der Waals surface area (Å²) < 4.78 is 24.1. The van der Waals surface area contributed by atoms with Crippen LogP contribution in [0.15, 0.2) is 29.2 Å². The molecule has 4 heteroatoms. The summed E-state index contributed by atoms with van der Waals surface area (Å²) in [5, 5.41) is 3.27. The number of halogens is 2. The van der Waals surface area contributed by atoms with E-state index in [0.717, 1.165) is 12.2 Å². The topological polar surface area (TPSA) is 12.0 Å². The SMILES string of the molecule is CC(C)(C)CNc1ccc(SC(F)F)cc1. The molecule has 0 saturated carbocycles. The minimum absolute atomic E-state index is 0.205. The van der Waals surface area contributed by atoms with Gasteiger partial charge in [0.05, 0.1) is 0 Å². The number of benzene rings is 1. The molecule has 0 aromatic heterocycles. The number of alkyl halides is 2. The van der Waals surface area contributed by atoms with Gasteiger partial charge in [0.2, 0.25) is 0 Å². The van der Waals surface area contributed by atoms with Crippen LogP contribution in [-0.4, -0.2) is 12.3 Å². The summed E-state index contributed by atoms with van der Waals surface area (Å²) in [7, 11) is 0. The third-order valence-corrected chi connectivity index (χ3v) is 2.62. The minimum atomic E-state index is -2.35. The van der Waals surface area contributed by atoms with Crippen LogP contribution in [0, 0.1) is 5.41 Å². The number of nitrogens with one attached hydrogen (secondary N) is 1.